The van der Waals surface area contributed by atoms with E-state index in [1.807, 2.05) is 30.3 Å². The number of hydrogen-bond donors (Lipinski definition) is 1. The van der Waals surface area contributed by atoms with Crippen LogP contribution in [0.5, 0.6) is 0 Å². The van der Waals surface area contributed by atoms with E-state index in [9.17, 15) is 24.0 Å². The fourth-order valence-corrected chi connectivity index (χ4v) is 4.83. The third-order valence-corrected chi connectivity index (χ3v) is 6.52. The summed E-state index contributed by atoms with van der Waals surface area (Å²) in [6.07, 6.45) is 1.65. The Hall–Kier alpha value is -3.72. The lowest BCUT2D eigenvalue weighted by Crippen LogP contribution is -2.53. The van der Waals surface area contributed by atoms with Crippen LogP contribution in [0, 0.1) is 5.92 Å². The summed E-state index contributed by atoms with van der Waals surface area (Å²) in [6, 6.07) is 14.6. The highest BCUT2D eigenvalue weighted by Gasteiger charge is 2.44. The molecule has 5 amide bonds. The van der Waals surface area contributed by atoms with Crippen LogP contribution in [0.4, 0.5) is 4.79 Å². The molecular weight excluding hydrogens is 454 g/mol. The molecule has 1 fully saturated rings. The highest BCUT2D eigenvalue weighted by atomic mass is 32.2. The summed E-state index contributed by atoms with van der Waals surface area (Å²) in [4.78, 5) is 66.0. The van der Waals surface area contributed by atoms with Gasteiger partial charge in [-0.25, -0.2) is 0 Å². The molecule has 0 radical (unpaired) electrons. The van der Waals surface area contributed by atoms with E-state index in [-0.39, 0.29) is 30.1 Å². The Morgan fingerprint density at radius 1 is 0.912 bits per heavy atom. The second-order valence-corrected chi connectivity index (χ2v) is 9.24. The fourth-order valence-electron chi connectivity index (χ4n) is 3.97. The highest BCUT2D eigenvalue weighted by molar-refractivity contribution is 8.18. The predicted octanol–water partition coefficient (Wildman–Crippen LogP) is 3.16. The molecule has 1 atom stereocenters. The molecular formula is C25H23N3O5S. The van der Waals surface area contributed by atoms with E-state index in [0.717, 1.165) is 27.1 Å². The first-order valence-electron chi connectivity index (χ1n) is 10.8. The van der Waals surface area contributed by atoms with Crippen LogP contribution in [-0.4, -0.2) is 57.8 Å². The lowest BCUT2D eigenvalue weighted by molar-refractivity contribution is -0.127. The molecule has 0 aliphatic carbocycles. The average Bonchev–Trinajstić information content (AvgIpc) is 3.22. The summed E-state index contributed by atoms with van der Waals surface area (Å²) in [5, 5.41) is 2.27. The number of nitrogens with one attached hydrogen (secondary N) is 1. The van der Waals surface area contributed by atoms with Gasteiger partial charge >= 0.3 is 0 Å². The normalized spacial score (nSPS) is 17.7. The largest absolute Gasteiger partial charge is 0.352 e. The quantitative estimate of drug-likeness (QED) is 0.485. The van der Waals surface area contributed by atoms with Crippen LogP contribution in [0.25, 0.3) is 6.08 Å². The zero-order valence-corrected chi connectivity index (χ0v) is 19.5. The van der Waals surface area contributed by atoms with E-state index in [1.54, 1.807) is 44.2 Å². The monoisotopic (exact) mass is 477 g/mol. The van der Waals surface area contributed by atoms with Gasteiger partial charge in [0.25, 0.3) is 23.0 Å². The SMILES string of the molecule is CC(C)[C@@H](C(=O)NCCN1C(=O)SC(=Cc2ccccc2)C1=O)N1C(=O)c2ccccc2C1=O. The second kappa shape index (κ2) is 9.64. The van der Waals surface area contributed by atoms with Gasteiger partial charge in [-0.3, -0.25) is 33.8 Å². The zero-order chi connectivity index (χ0) is 24.4. The third-order valence-electron chi connectivity index (χ3n) is 5.61. The standard InChI is InChI=1S/C25H23N3O5S/c1-15(2)20(28-22(30)17-10-6-7-11-18(17)23(28)31)21(29)26-12-13-27-24(32)19(34-25(27)33)14-16-8-4-3-5-9-16/h3-11,14-15,20H,12-13H2,1-2H3,(H,26,29)/t20-/m0/s1. The number of hydrogen-bond acceptors (Lipinski definition) is 6. The van der Waals surface area contributed by atoms with Gasteiger partial charge in [0.05, 0.1) is 16.0 Å². The molecule has 4 rings (SSSR count). The Labute approximate surface area is 201 Å². The third kappa shape index (κ3) is 4.38. The average molecular weight is 478 g/mol. The van der Waals surface area contributed by atoms with Crippen molar-refractivity contribution in [3.8, 4) is 0 Å². The molecule has 0 spiro atoms. The minimum Gasteiger partial charge on any atom is -0.352 e. The van der Waals surface area contributed by atoms with E-state index < -0.39 is 34.9 Å². The molecule has 34 heavy (non-hydrogen) atoms. The summed E-state index contributed by atoms with van der Waals surface area (Å²) >= 11 is 0.849. The number of imide groups is 2. The van der Waals surface area contributed by atoms with Crippen molar-refractivity contribution in [1.82, 2.24) is 15.1 Å². The van der Waals surface area contributed by atoms with Crippen molar-refractivity contribution in [3.05, 3.63) is 76.2 Å². The minimum atomic E-state index is -1.01. The van der Waals surface area contributed by atoms with Crippen molar-refractivity contribution in [2.45, 2.75) is 19.9 Å². The number of benzene rings is 2. The van der Waals surface area contributed by atoms with Gasteiger partial charge in [-0.2, -0.15) is 0 Å². The summed E-state index contributed by atoms with van der Waals surface area (Å²) in [7, 11) is 0. The predicted molar refractivity (Wildman–Crippen MR) is 128 cm³/mol. The summed E-state index contributed by atoms with van der Waals surface area (Å²) < 4.78 is 0. The maximum Gasteiger partial charge on any atom is 0.293 e. The highest BCUT2D eigenvalue weighted by Crippen LogP contribution is 2.32. The maximum atomic E-state index is 13.0. The number of amides is 5. The molecule has 0 unspecified atom stereocenters. The van der Waals surface area contributed by atoms with Gasteiger partial charge in [-0.1, -0.05) is 56.3 Å². The Kier molecular flexibility index (Phi) is 6.65. The Morgan fingerprint density at radius 3 is 2.09 bits per heavy atom. The van der Waals surface area contributed by atoms with Gasteiger partial charge in [0.1, 0.15) is 6.04 Å². The maximum absolute atomic E-state index is 13.0. The Balaban J connectivity index is 1.40. The first kappa shape index (κ1) is 23.4. The van der Waals surface area contributed by atoms with Crippen LogP contribution in [0.15, 0.2) is 59.5 Å². The van der Waals surface area contributed by atoms with Gasteiger partial charge < -0.3 is 5.32 Å². The van der Waals surface area contributed by atoms with Crippen molar-refractivity contribution >= 4 is 46.7 Å². The van der Waals surface area contributed by atoms with Crippen LogP contribution in [0.2, 0.25) is 0 Å². The summed E-state index contributed by atoms with van der Waals surface area (Å²) in [5.74, 6) is -2.30. The zero-order valence-electron chi connectivity index (χ0n) is 18.7. The van der Waals surface area contributed by atoms with Gasteiger partial charge in [0.15, 0.2) is 0 Å². The molecule has 2 aromatic carbocycles. The molecule has 8 nitrogen and oxygen atoms in total. The number of rotatable bonds is 7. The van der Waals surface area contributed by atoms with Crippen LogP contribution in [0.1, 0.15) is 40.1 Å². The molecule has 2 aromatic rings. The van der Waals surface area contributed by atoms with Crippen molar-refractivity contribution in [1.29, 1.82) is 0 Å². The summed E-state index contributed by atoms with van der Waals surface area (Å²) in [6.45, 7) is 3.48. The number of thioether (sulfide) groups is 1. The van der Waals surface area contributed by atoms with E-state index in [1.165, 1.54) is 0 Å². The van der Waals surface area contributed by atoms with Crippen LogP contribution in [0.3, 0.4) is 0 Å². The van der Waals surface area contributed by atoms with Gasteiger partial charge in [0.2, 0.25) is 5.91 Å². The molecule has 0 aromatic heterocycles. The molecule has 2 heterocycles. The molecule has 0 saturated carbocycles. The Morgan fingerprint density at radius 2 is 1.50 bits per heavy atom. The van der Waals surface area contributed by atoms with Crippen molar-refractivity contribution in [3.63, 3.8) is 0 Å². The summed E-state index contributed by atoms with van der Waals surface area (Å²) in [5.41, 5.74) is 1.35. The van der Waals surface area contributed by atoms with Gasteiger partial charge in [0, 0.05) is 13.1 Å². The fraction of sp³-hybridized carbons (Fsp3) is 0.240. The number of nitrogens with zero attached hydrogens (tertiary/aromatic N) is 2. The van der Waals surface area contributed by atoms with Gasteiger partial charge in [-0.15, -0.1) is 0 Å². The van der Waals surface area contributed by atoms with E-state index in [4.69, 9.17) is 0 Å². The van der Waals surface area contributed by atoms with Crippen LogP contribution >= 0.6 is 11.8 Å². The van der Waals surface area contributed by atoms with Crippen LogP contribution in [-0.2, 0) is 9.59 Å². The molecule has 174 valence electrons. The molecule has 9 heteroatoms. The topological polar surface area (TPSA) is 104 Å². The van der Waals surface area contributed by atoms with Crippen molar-refractivity contribution in [2.75, 3.05) is 13.1 Å². The van der Waals surface area contributed by atoms with E-state index in [2.05, 4.69) is 5.32 Å². The lowest BCUT2D eigenvalue weighted by Gasteiger charge is -2.28. The lowest BCUT2D eigenvalue weighted by atomic mass is 10.0. The molecule has 2 aliphatic heterocycles. The van der Waals surface area contributed by atoms with Gasteiger partial charge in [-0.05, 0) is 41.5 Å². The minimum absolute atomic E-state index is 0.00186. The van der Waals surface area contributed by atoms with Crippen molar-refractivity contribution < 1.29 is 24.0 Å². The molecule has 1 N–H and O–H groups in total. The smallest absolute Gasteiger partial charge is 0.293 e. The first-order chi connectivity index (χ1) is 16.3. The van der Waals surface area contributed by atoms with E-state index >= 15 is 0 Å². The van der Waals surface area contributed by atoms with E-state index in [0.29, 0.717) is 4.91 Å². The molecule has 2 aliphatic rings. The Bertz CT molecular complexity index is 1170. The first-order valence-corrected chi connectivity index (χ1v) is 11.7. The van der Waals surface area contributed by atoms with Crippen LogP contribution < -0.4 is 5.32 Å². The molecule has 1 saturated heterocycles. The number of carbonyl (C=O) groups excluding carboxylic acids is 5. The number of fused-ring (bicyclic) bond motifs is 1. The second-order valence-electron chi connectivity index (χ2n) is 8.25. The number of carbonyl (C=O) groups is 5. The van der Waals surface area contributed by atoms with Crippen molar-refractivity contribution in [2.24, 2.45) is 5.92 Å². The molecule has 0 bridgehead atoms.